The van der Waals surface area contributed by atoms with Crippen molar-refractivity contribution in [3.63, 3.8) is 0 Å². The van der Waals surface area contributed by atoms with Crippen molar-refractivity contribution in [3.8, 4) is 17.6 Å². The summed E-state index contributed by atoms with van der Waals surface area (Å²) in [6, 6.07) is 15.7. The number of nitrogens with zero attached hydrogens (tertiary/aromatic N) is 1. The van der Waals surface area contributed by atoms with Gasteiger partial charge in [0.15, 0.2) is 11.6 Å². The largest absolute Gasteiger partial charge is 0.454 e. The SMILES string of the molecule is CC1(C)[C@H](C(C#N)c2ccc(F)c(Oc3ccccc3)c2)[C@@H]1/C=C/F. The zero-order valence-electron chi connectivity index (χ0n) is 14.1. The summed E-state index contributed by atoms with van der Waals surface area (Å²) in [4.78, 5) is 0. The van der Waals surface area contributed by atoms with Gasteiger partial charge < -0.3 is 4.74 Å². The highest BCUT2D eigenvalue weighted by atomic mass is 19.1. The van der Waals surface area contributed by atoms with Crippen LogP contribution in [0.1, 0.15) is 25.3 Å². The molecule has 2 nitrogen and oxygen atoms in total. The second-order valence-electron chi connectivity index (χ2n) is 6.90. The summed E-state index contributed by atoms with van der Waals surface area (Å²) in [7, 11) is 0. The number of halogens is 2. The predicted octanol–water partition coefficient (Wildman–Crippen LogP) is 5.98. The van der Waals surface area contributed by atoms with E-state index in [1.54, 1.807) is 36.4 Å². The molecule has 1 saturated carbocycles. The van der Waals surface area contributed by atoms with E-state index in [2.05, 4.69) is 6.07 Å². The first-order valence-corrected chi connectivity index (χ1v) is 8.18. The van der Waals surface area contributed by atoms with Crippen LogP contribution in [0.5, 0.6) is 11.5 Å². The molecule has 0 heterocycles. The Bertz CT molecular complexity index is 824. The quantitative estimate of drug-likeness (QED) is 0.671. The van der Waals surface area contributed by atoms with Crippen LogP contribution in [0, 0.1) is 34.4 Å². The van der Waals surface area contributed by atoms with Gasteiger partial charge in [-0.1, -0.05) is 44.2 Å². The first kappa shape index (κ1) is 17.2. The van der Waals surface area contributed by atoms with Crippen molar-refractivity contribution in [2.45, 2.75) is 19.8 Å². The smallest absolute Gasteiger partial charge is 0.165 e. The summed E-state index contributed by atoms with van der Waals surface area (Å²) in [6.45, 7) is 4.02. The Hall–Kier alpha value is -2.67. The van der Waals surface area contributed by atoms with Gasteiger partial charge in [0.1, 0.15) is 5.75 Å². The highest BCUT2D eigenvalue weighted by Gasteiger charge is 2.60. The predicted molar refractivity (Wildman–Crippen MR) is 92.3 cm³/mol. The lowest BCUT2D eigenvalue weighted by Crippen LogP contribution is -2.04. The molecule has 2 aromatic rings. The van der Waals surface area contributed by atoms with Gasteiger partial charge in [0, 0.05) is 0 Å². The molecule has 0 amide bonds. The molecule has 0 bridgehead atoms. The molecular weight excluding hydrogens is 320 g/mol. The molecule has 25 heavy (non-hydrogen) atoms. The van der Waals surface area contributed by atoms with E-state index in [-0.39, 0.29) is 23.0 Å². The number of allylic oxidation sites excluding steroid dienone is 1. The van der Waals surface area contributed by atoms with E-state index in [1.807, 2.05) is 19.9 Å². The molecule has 1 unspecified atom stereocenters. The van der Waals surface area contributed by atoms with Crippen molar-refractivity contribution in [1.29, 1.82) is 5.26 Å². The lowest BCUT2D eigenvalue weighted by molar-refractivity contribution is 0.440. The monoisotopic (exact) mass is 339 g/mol. The van der Waals surface area contributed by atoms with Crippen molar-refractivity contribution in [2.75, 3.05) is 0 Å². The van der Waals surface area contributed by atoms with Gasteiger partial charge in [-0.25, -0.2) is 8.78 Å². The van der Waals surface area contributed by atoms with E-state index in [4.69, 9.17) is 4.74 Å². The third kappa shape index (κ3) is 3.28. The molecule has 0 spiro atoms. The van der Waals surface area contributed by atoms with Crippen molar-refractivity contribution in [1.82, 2.24) is 0 Å². The Balaban J connectivity index is 1.90. The lowest BCUT2D eigenvalue weighted by Gasteiger charge is -2.14. The zero-order valence-corrected chi connectivity index (χ0v) is 14.1. The molecule has 0 aromatic heterocycles. The number of para-hydroxylation sites is 1. The average molecular weight is 339 g/mol. The fourth-order valence-electron chi connectivity index (χ4n) is 3.57. The fourth-order valence-corrected chi connectivity index (χ4v) is 3.57. The van der Waals surface area contributed by atoms with Gasteiger partial charge in [-0.05, 0) is 47.1 Å². The second kappa shape index (κ2) is 6.68. The van der Waals surface area contributed by atoms with Gasteiger partial charge in [-0.15, -0.1) is 0 Å². The first-order chi connectivity index (χ1) is 12.0. The van der Waals surface area contributed by atoms with Crippen LogP contribution in [0.15, 0.2) is 60.9 Å². The van der Waals surface area contributed by atoms with E-state index in [0.29, 0.717) is 17.6 Å². The number of nitriles is 1. The summed E-state index contributed by atoms with van der Waals surface area (Å²) in [6.07, 6.45) is 2.04. The fraction of sp³-hybridized carbons (Fsp3) is 0.286. The molecule has 3 atom stereocenters. The third-order valence-electron chi connectivity index (χ3n) is 5.06. The number of ether oxygens (including phenoxy) is 1. The van der Waals surface area contributed by atoms with E-state index in [0.717, 1.165) is 0 Å². The Kier molecular flexibility index (Phi) is 4.59. The lowest BCUT2D eigenvalue weighted by atomic mass is 9.91. The van der Waals surface area contributed by atoms with Crippen LogP contribution < -0.4 is 4.74 Å². The highest BCUT2D eigenvalue weighted by molar-refractivity contribution is 5.40. The standard InChI is InChI=1S/C21H19F2NO/c1-21(2)17(10-11-22)20(21)16(13-24)14-8-9-18(23)19(12-14)25-15-6-4-3-5-7-15/h3-12,16-17,20H,1-2H3/b11-10+/t16?,17-,20+/m0/s1. The minimum absolute atomic E-state index is 0.00862. The van der Waals surface area contributed by atoms with Gasteiger partial charge in [0.05, 0.1) is 18.3 Å². The summed E-state index contributed by atoms with van der Waals surface area (Å²) in [5, 5.41) is 9.66. The molecule has 3 rings (SSSR count). The van der Waals surface area contributed by atoms with Crippen LogP contribution in [0.2, 0.25) is 0 Å². The molecule has 0 aliphatic heterocycles. The molecule has 1 aliphatic rings. The Labute approximate surface area is 146 Å². The molecule has 1 fully saturated rings. The highest BCUT2D eigenvalue weighted by Crippen LogP contribution is 2.64. The van der Waals surface area contributed by atoms with Crippen LogP contribution in [-0.4, -0.2) is 0 Å². The maximum atomic E-state index is 14.1. The van der Waals surface area contributed by atoms with Crippen molar-refractivity contribution in [2.24, 2.45) is 17.3 Å². The second-order valence-corrected chi connectivity index (χ2v) is 6.90. The molecule has 1 aliphatic carbocycles. The van der Waals surface area contributed by atoms with E-state index in [1.165, 1.54) is 12.1 Å². The summed E-state index contributed by atoms with van der Waals surface area (Å²) < 4.78 is 32.3. The molecule has 2 aromatic carbocycles. The molecule has 4 heteroatoms. The normalized spacial score (nSPS) is 22.4. The molecule has 0 saturated heterocycles. The van der Waals surface area contributed by atoms with Gasteiger partial charge >= 0.3 is 0 Å². The molecule has 0 N–H and O–H groups in total. The Morgan fingerprint density at radius 3 is 2.56 bits per heavy atom. The number of rotatable bonds is 5. The summed E-state index contributed by atoms with van der Waals surface area (Å²) in [5.74, 6) is -0.350. The third-order valence-corrected chi connectivity index (χ3v) is 5.06. The van der Waals surface area contributed by atoms with Crippen molar-refractivity contribution >= 4 is 0 Å². The average Bonchev–Trinajstić information content (AvgIpc) is 3.13. The minimum Gasteiger partial charge on any atom is -0.454 e. The first-order valence-electron chi connectivity index (χ1n) is 8.18. The van der Waals surface area contributed by atoms with E-state index < -0.39 is 11.7 Å². The van der Waals surface area contributed by atoms with E-state index >= 15 is 0 Å². The van der Waals surface area contributed by atoms with Crippen LogP contribution in [-0.2, 0) is 0 Å². The van der Waals surface area contributed by atoms with E-state index in [9.17, 15) is 14.0 Å². The maximum absolute atomic E-state index is 14.1. The number of hydrogen-bond acceptors (Lipinski definition) is 2. The molecule has 0 radical (unpaired) electrons. The zero-order chi connectivity index (χ0) is 18.0. The number of hydrogen-bond donors (Lipinski definition) is 0. The van der Waals surface area contributed by atoms with Crippen LogP contribution in [0.4, 0.5) is 8.78 Å². The number of benzene rings is 2. The molecular formula is C21H19F2NO. The van der Waals surface area contributed by atoms with Crippen LogP contribution >= 0.6 is 0 Å². The van der Waals surface area contributed by atoms with Gasteiger partial charge in [-0.2, -0.15) is 5.26 Å². The van der Waals surface area contributed by atoms with Gasteiger partial charge in [-0.3, -0.25) is 0 Å². The minimum atomic E-state index is -0.487. The van der Waals surface area contributed by atoms with Gasteiger partial charge in [0.2, 0.25) is 0 Å². The Morgan fingerprint density at radius 1 is 1.20 bits per heavy atom. The van der Waals surface area contributed by atoms with Crippen LogP contribution in [0.3, 0.4) is 0 Å². The topological polar surface area (TPSA) is 33.0 Å². The van der Waals surface area contributed by atoms with Gasteiger partial charge in [0.25, 0.3) is 0 Å². The Morgan fingerprint density at radius 2 is 1.92 bits per heavy atom. The van der Waals surface area contributed by atoms with Crippen LogP contribution in [0.25, 0.3) is 0 Å². The van der Waals surface area contributed by atoms with Crippen molar-refractivity contribution in [3.05, 3.63) is 72.3 Å². The molecule has 128 valence electrons. The summed E-state index contributed by atoms with van der Waals surface area (Å²) in [5.41, 5.74) is 0.514. The summed E-state index contributed by atoms with van der Waals surface area (Å²) >= 11 is 0. The van der Waals surface area contributed by atoms with Crippen molar-refractivity contribution < 1.29 is 13.5 Å². The maximum Gasteiger partial charge on any atom is 0.165 e.